The Kier molecular flexibility index (Phi) is 6.84. The summed E-state index contributed by atoms with van der Waals surface area (Å²) in [6.07, 6.45) is 1.33. The molecule has 1 heterocycles. The van der Waals surface area contributed by atoms with Crippen molar-refractivity contribution in [2.45, 2.75) is 37.6 Å². The molecule has 166 valence electrons. The number of amides is 2. The summed E-state index contributed by atoms with van der Waals surface area (Å²) in [5.41, 5.74) is 1.16. The number of piperidine rings is 1. The Morgan fingerprint density at radius 3 is 2.42 bits per heavy atom. The number of carbonyl (C=O) groups is 2. The first-order valence-electron chi connectivity index (χ1n) is 10.0. The molecular formula is C22H27N3O5S. The first-order valence-corrected chi connectivity index (χ1v) is 11.5. The van der Waals surface area contributed by atoms with E-state index >= 15 is 0 Å². The summed E-state index contributed by atoms with van der Waals surface area (Å²) in [6, 6.07) is 11.5. The average molecular weight is 446 g/mol. The van der Waals surface area contributed by atoms with Crippen LogP contribution in [0.4, 0.5) is 5.69 Å². The van der Waals surface area contributed by atoms with Gasteiger partial charge in [-0.3, -0.25) is 14.3 Å². The molecule has 1 saturated heterocycles. The summed E-state index contributed by atoms with van der Waals surface area (Å²) < 4.78 is 33.9. The molecule has 0 unspecified atom stereocenters. The first-order chi connectivity index (χ1) is 14.7. The van der Waals surface area contributed by atoms with E-state index in [0.29, 0.717) is 48.5 Å². The summed E-state index contributed by atoms with van der Waals surface area (Å²) in [5, 5.41) is 2.88. The monoisotopic (exact) mass is 445 g/mol. The Morgan fingerprint density at radius 1 is 1.10 bits per heavy atom. The van der Waals surface area contributed by atoms with E-state index in [1.165, 1.54) is 20.1 Å². The molecule has 1 aliphatic heterocycles. The lowest BCUT2D eigenvalue weighted by molar-refractivity contribution is -0.119. The van der Waals surface area contributed by atoms with Gasteiger partial charge in [-0.2, -0.15) is 0 Å². The van der Waals surface area contributed by atoms with Crippen molar-refractivity contribution in [1.29, 1.82) is 0 Å². The van der Waals surface area contributed by atoms with E-state index in [1.807, 2.05) is 0 Å². The van der Waals surface area contributed by atoms with E-state index in [0.717, 1.165) is 0 Å². The molecule has 2 N–H and O–H groups in total. The molecule has 0 saturated carbocycles. The van der Waals surface area contributed by atoms with Gasteiger partial charge in [0.1, 0.15) is 5.75 Å². The summed E-state index contributed by atoms with van der Waals surface area (Å²) >= 11 is 0. The maximum Gasteiger partial charge on any atom is 0.262 e. The predicted molar refractivity (Wildman–Crippen MR) is 118 cm³/mol. The van der Waals surface area contributed by atoms with Crippen molar-refractivity contribution in [3.63, 3.8) is 0 Å². The summed E-state index contributed by atoms with van der Waals surface area (Å²) in [7, 11) is -2.47. The van der Waals surface area contributed by atoms with E-state index in [1.54, 1.807) is 48.2 Å². The SMILES string of the molecule is COc1ccccc1NS(=O)(=O)c1cc(C(=O)N2CCC(NC(C)=O)CC2)ccc1C. The molecule has 3 rings (SSSR count). The highest BCUT2D eigenvalue weighted by atomic mass is 32.2. The number of hydrogen-bond donors (Lipinski definition) is 2. The number of anilines is 1. The molecular weight excluding hydrogens is 418 g/mol. The standard InChI is InChI=1S/C22H27N3O5S/c1-15-8-9-17(22(27)25-12-10-18(11-13-25)23-16(2)26)14-21(15)31(28,29)24-19-6-4-5-7-20(19)30-3/h4-9,14,18,24H,10-13H2,1-3H3,(H,23,26). The van der Waals surface area contributed by atoms with Crippen molar-refractivity contribution in [1.82, 2.24) is 10.2 Å². The number of rotatable bonds is 6. The van der Waals surface area contributed by atoms with Crippen LogP contribution in [-0.4, -0.2) is 51.4 Å². The normalized spacial score (nSPS) is 14.7. The Labute approximate surface area is 182 Å². The molecule has 9 heteroatoms. The van der Waals surface area contributed by atoms with Gasteiger partial charge < -0.3 is 15.0 Å². The number of nitrogens with one attached hydrogen (secondary N) is 2. The van der Waals surface area contributed by atoms with Crippen LogP contribution in [0, 0.1) is 6.92 Å². The zero-order valence-electron chi connectivity index (χ0n) is 17.8. The number of hydrogen-bond acceptors (Lipinski definition) is 5. The number of carbonyl (C=O) groups excluding carboxylic acids is 2. The second-order valence-electron chi connectivity index (χ2n) is 7.55. The van der Waals surface area contributed by atoms with E-state index in [2.05, 4.69) is 10.0 Å². The van der Waals surface area contributed by atoms with Gasteiger partial charge >= 0.3 is 0 Å². The maximum absolute atomic E-state index is 13.1. The fraction of sp³-hybridized carbons (Fsp3) is 0.364. The Bertz CT molecular complexity index is 1080. The van der Waals surface area contributed by atoms with Crippen LogP contribution in [0.25, 0.3) is 0 Å². The number of nitrogens with zero attached hydrogens (tertiary/aromatic N) is 1. The predicted octanol–water partition coefficient (Wildman–Crippen LogP) is 2.55. The minimum Gasteiger partial charge on any atom is -0.495 e. The minimum absolute atomic E-state index is 0.0392. The molecule has 31 heavy (non-hydrogen) atoms. The number of methoxy groups -OCH3 is 1. The van der Waals surface area contributed by atoms with Crippen LogP contribution in [0.2, 0.25) is 0 Å². The van der Waals surface area contributed by atoms with Gasteiger partial charge in [-0.05, 0) is 49.6 Å². The Morgan fingerprint density at radius 2 is 1.77 bits per heavy atom. The molecule has 1 fully saturated rings. The van der Waals surface area contributed by atoms with Gasteiger partial charge in [0.2, 0.25) is 5.91 Å². The number of benzene rings is 2. The molecule has 0 bridgehead atoms. The third-order valence-corrected chi connectivity index (χ3v) is 6.77. The van der Waals surface area contributed by atoms with E-state index in [-0.39, 0.29) is 22.8 Å². The van der Waals surface area contributed by atoms with Crippen LogP contribution >= 0.6 is 0 Å². The maximum atomic E-state index is 13.1. The van der Waals surface area contributed by atoms with Gasteiger partial charge in [-0.1, -0.05) is 18.2 Å². The second kappa shape index (κ2) is 9.38. The van der Waals surface area contributed by atoms with Crippen LogP contribution in [0.5, 0.6) is 5.75 Å². The largest absolute Gasteiger partial charge is 0.495 e. The number of aryl methyl sites for hydroxylation is 1. The van der Waals surface area contributed by atoms with E-state index in [4.69, 9.17) is 4.74 Å². The van der Waals surface area contributed by atoms with Crippen molar-refractivity contribution < 1.29 is 22.7 Å². The molecule has 0 radical (unpaired) electrons. The van der Waals surface area contributed by atoms with Crippen LogP contribution in [-0.2, 0) is 14.8 Å². The van der Waals surface area contributed by atoms with Crippen molar-refractivity contribution in [2.75, 3.05) is 24.9 Å². The van der Waals surface area contributed by atoms with Gasteiger partial charge in [0.15, 0.2) is 0 Å². The van der Waals surface area contributed by atoms with Crippen molar-refractivity contribution >= 4 is 27.5 Å². The van der Waals surface area contributed by atoms with E-state index < -0.39 is 10.0 Å². The van der Waals surface area contributed by atoms with Crippen LogP contribution < -0.4 is 14.8 Å². The van der Waals surface area contributed by atoms with Gasteiger partial charge in [0.05, 0.1) is 17.7 Å². The lowest BCUT2D eigenvalue weighted by atomic mass is 10.0. The minimum atomic E-state index is -3.93. The second-order valence-corrected chi connectivity index (χ2v) is 9.20. The average Bonchev–Trinajstić information content (AvgIpc) is 2.73. The molecule has 2 amide bonds. The first kappa shape index (κ1) is 22.6. The number of ether oxygens (including phenoxy) is 1. The summed E-state index contributed by atoms with van der Waals surface area (Å²) in [4.78, 5) is 25.9. The third-order valence-electron chi connectivity index (χ3n) is 5.27. The Balaban J connectivity index is 1.80. The number of para-hydroxylation sites is 2. The highest BCUT2D eigenvalue weighted by molar-refractivity contribution is 7.92. The Hall–Kier alpha value is -3.07. The molecule has 0 spiro atoms. The highest BCUT2D eigenvalue weighted by Crippen LogP contribution is 2.28. The molecule has 0 aliphatic carbocycles. The van der Waals surface area contributed by atoms with E-state index in [9.17, 15) is 18.0 Å². The lowest BCUT2D eigenvalue weighted by Gasteiger charge is -2.32. The fourth-order valence-corrected chi connectivity index (χ4v) is 4.99. The molecule has 1 aliphatic rings. The zero-order valence-corrected chi connectivity index (χ0v) is 18.7. The van der Waals surface area contributed by atoms with Gasteiger partial charge in [0, 0.05) is 31.6 Å². The molecule has 2 aromatic rings. The topological polar surface area (TPSA) is 105 Å². The molecule has 8 nitrogen and oxygen atoms in total. The smallest absolute Gasteiger partial charge is 0.262 e. The quantitative estimate of drug-likeness (QED) is 0.711. The van der Waals surface area contributed by atoms with Crippen molar-refractivity contribution in [2.24, 2.45) is 0 Å². The number of likely N-dealkylation sites (tertiary alicyclic amines) is 1. The van der Waals surface area contributed by atoms with Crippen molar-refractivity contribution in [3.05, 3.63) is 53.6 Å². The number of sulfonamides is 1. The van der Waals surface area contributed by atoms with Crippen LogP contribution in [0.3, 0.4) is 0 Å². The van der Waals surface area contributed by atoms with Crippen LogP contribution in [0.15, 0.2) is 47.4 Å². The highest BCUT2D eigenvalue weighted by Gasteiger charge is 2.26. The van der Waals surface area contributed by atoms with Gasteiger partial charge in [0.25, 0.3) is 15.9 Å². The molecule has 0 atom stereocenters. The summed E-state index contributed by atoms with van der Waals surface area (Å²) in [5.74, 6) is 0.0914. The van der Waals surface area contributed by atoms with Gasteiger partial charge in [-0.15, -0.1) is 0 Å². The van der Waals surface area contributed by atoms with Crippen LogP contribution in [0.1, 0.15) is 35.7 Å². The summed E-state index contributed by atoms with van der Waals surface area (Å²) in [6.45, 7) is 4.16. The van der Waals surface area contributed by atoms with Gasteiger partial charge in [-0.25, -0.2) is 8.42 Å². The van der Waals surface area contributed by atoms with Crippen molar-refractivity contribution in [3.8, 4) is 5.75 Å². The third kappa shape index (κ3) is 5.35. The lowest BCUT2D eigenvalue weighted by Crippen LogP contribution is -2.46. The zero-order chi connectivity index (χ0) is 22.6. The molecule has 2 aromatic carbocycles. The fourth-order valence-electron chi connectivity index (χ4n) is 3.65. The molecule has 0 aromatic heterocycles.